The molecule has 0 spiro atoms. The molecule has 0 aliphatic heterocycles. The Morgan fingerprint density at radius 2 is 0.700 bits per heavy atom. The number of aldehydes is 2. The maximum Gasteiger partial charge on any atom is 0.150 e. The molecule has 0 atom stereocenters. The summed E-state index contributed by atoms with van der Waals surface area (Å²) in [5.74, 6) is 0. The molecule has 5 rings (SSSR count). The van der Waals surface area contributed by atoms with Gasteiger partial charge in [0.05, 0.1) is 0 Å². The third kappa shape index (κ3) is 1.09. The highest BCUT2D eigenvalue weighted by molar-refractivity contribution is 6.36. The third-order valence-corrected chi connectivity index (χ3v) is 4.25. The molecule has 0 saturated heterocycles. The lowest BCUT2D eigenvalue weighted by Crippen LogP contribution is -1.66. The molecule has 0 aromatic heterocycles. The highest BCUT2D eigenvalue weighted by Crippen LogP contribution is 2.45. The molecule has 0 amide bonds. The van der Waals surface area contributed by atoms with Crippen LogP contribution in [-0.4, -0.2) is 12.6 Å². The van der Waals surface area contributed by atoms with Crippen molar-refractivity contribution in [3.63, 3.8) is 0 Å². The third-order valence-electron chi connectivity index (χ3n) is 4.25. The van der Waals surface area contributed by atoms with E-state index in [1.165, 1.54) is 21.5 Å². The molecule has 0 bridgehead atoms. The van der Waals surface area contributed by atoms with Crippen molar-refractivity contribution in [2.45, 2.75) is 0 Å². The van der Waals surface area contributed by atoms with Crippen LogP contribution in [0.4, 0.5) is 0 Å². The van der Waals surface area contributed by atoms with Crippen LogP contribution in [0.5, 0.6) is 0 Å². The average Bonchev–Trinajstić information content (AvgIpc) is 3.35. The largest absolute Gasteiger partial charge is 0.298 e. The highest BCUT2D eigenvalue weighted by Gasteiger charge is 2.18. The van der Waals surface area contributed by atoms with Crippen LogP contribution in [0.3, 0.4) is 0 Å². The number of carbonyl (C=O) groups excluding carboxylic acids is 2. The van der Waals surface area contributed by atoms with E-state index in [-0.39, 0.29) is 0 Å². The molecule has 20 heavy (non-hydrogen) atoms. The Balaban J connectivity index is 2.07. The molecular formula is C18H8O2. The van der Waals surface area contributed by atoms with E-state index in [2.05, 4.69) is 12.1 Å². The van der Waals surface area contributed by atoms with Crippen LogP contribution in [-0.2, 0) is 0 Å². The lowest BCUT2D eigenvalue weighted by Gasteiger charge is -1.85. The van der Waals surface area contributed by atoms with Gasteiger partial charge in [0.25, 0.3) is 0 Å². The number of fused-ring (bicyclic) bond motifs is 8. The monoisotopic (exact) mass is 256 g/mol. The van der Waals surface area contributed by atoms with Gasteiger partial charge in [0.1, 0.15) is 12.6 Å². The van der Waals surface area contributed by atoms with Crippen molar-refractivity contribution < 1.29 is 9.59 Å². The summed E-state index contributed by atoms with van der Waals surface area (Å²) in [6.07, 6.45) is 1.79. The van der Waals surface area contributed by atoms with Gasteiger partial charge in [0, 0.05) is 11.1 Å². The smallest absolute Gasteiger partial charge is 0.150 e. The first-order valence-corrected chi connectivity index (χ1v) is 6.51. The Kier molecular flexibility index (Phi) is 1.54. The summed E-state index contributed by atoms with van der Waals surface area (Å²) in [5, 5.41) is 9.36. The first-order valence-electron chi connectivity index (χ1n) is 6.51. The van der Waals surface area contributed by atoms with E-state index in [4.69, 9.17) is 0 Å². The van der Waals surface area contributed by atoms with Crippen LogP contribution < -0.4 is 0 Å². The van der Waals surface area contributed by atoms with Gasteiger partial charge < -0.3 is 0 Å². The molecule has 2 nitrogen and oxygen atoms in total. The summed E-state index contributed by atoms with van der Waals surface area (Å²) in [6, 6.07) is 12.1. The van der Waals surface area contributed by atoms with Gasteiger partial charge in [0.2, 0.25) is 0 Å². The van der Waals surface area contributed by atoms with Crippen molar-refractivity contribution in [2.75, 3.05) is 0 Å². The van der Waals surface area contributed by atoms with E-state index in [9.17, 15) is 9.59 Å². The van der Waals surface area contributed by atoms with Gasteiger partial charge in [-0.3, -0.25) is 9.59 Å². The molecule has 0 unspecified atom stereocenters. The highest BCUT2D eigenvalue weighted by atomic mass is 16.1. The summed E-state index contributed by atoms with van der Waals surface area (Å²) < 4.78 is 0. The molecule has 0 heterocycles. The van der Waals surface area contributed by atoms with E-state index < -0.39 is 0 Å². The fourth-order valence-electron chi connectivity index (χ4n) is 3.20. The minimum atomic E-state index is 0.726. The summed E-state index contributed by atoms with van der Waals surface area (Å²) in [7, 11) is 0. The van der Waals surface area contributed by atoms with E-state index in [1.54, 1.807) is 0 Å². The molecule has 0 aliphatic rings. The second-order valence-corrected chi connectivity index (χ2v) is 5.41. The number of carbonyl (C=O) groups is 2. The molecule has 0 fully saturated rings. The zero-order chi connectivity index (χ0) is 13.4. The van der Waals surface area contributed by atoms with Gasteiger partial charge in [-0.2, -0.15) is 0 Å². The standard InChI is InChI=1S/C18H8O2/c19-7-9-1-11-12(2-9)16-6-18(16)14-4-10(8-20)3-13(14)17-5-15(11)17/h1-8H. The van der Waals surface area contributed by atoms with Gasteiger partial charge in [-0.15, -0.1) is 0 Å². The van der Waals surface area contributed by atoms with Gasteiger partial charge in [-0.25, -0.2) is 0 Å². The SMILES string of the molecule is O=Cc1cc2c(c1)c1cc1c1cc(C=O)cc1c1cc21. The Morgan fingerprint density at radius 1 is 0.450 bits per heavy atom. The lowest BCUT2D eigenvalue weighted by molar-refractivity contribution is 0.111. The first kappa shape index (κ1) is 10.1. The van der Waals surface area contributed by atoms with Crippen LogP contribution in [0.25, 0.3) is 43.1 Å². The minimum absolute atomic E-state index is 0.726. The first-order chi connectivity index (χ1) is 9.80. The Labute approximate surface area is 113 Å². The number of hydrogen-bond donors (Lipinski definition) is 0. The van der Waals surface area contributed by atoms with Crippen LogP contribution in [0.2, 0.25) is 0 Å². The number of hydrogen-bond acceptors (Lipinski definition) is 2. The summed E-state index contributed by atoms with van der Waals surface area (Å²) >= 11 is 0. The van der Waals surface area contributed by atoms with Crippen molar-refractivity contribution >= 4 is 55.7 Å². The van der Waals surface area contributed by atoms with Gasteiger partial charge in [-0.1, -0.05) is 0 Å². The van der Waals surface area contributed by atoms with E-state index in [0.717, 1.165) is 45.2 Å². The molecule has 0 radical (unpaired) electrons. The average molecular weight is 256 g/mol. The molecule has 5 aromatic rings. The van der Waals surface area contributed by atoms with Crippen molar-refractivity contribution in [3.8, 4) is 0 Å². The van der Waals surface area contributed by atoms with E-state index in [1.807, 2.05) is 24.3 Å². The number of rotatable bonds is 2. The fourth-order valence-corrected chi connectivity index (χ4v) is 3.20. The Morgan fingerprint density at radius 3 is 0.950 bits per heavy atom. The normalized spacial score (nSPS) is 12.4. The van der Waals surface area contributed by atoms with Crippen LogP contribution in [0, 0.1) is 0 Å². The Bertz CT molecular complexity index is 954. The summed E-state index contributed by atoms with van der Waals surface area (Å²) in [5.41, 5.74) is 1.45. The van der Waals surface area contributed by atoms with Gasteiger partial charge in [-0.05, 0) is 79.5 Å². The predicted molar refractivity (Wildman–Crippen MR) is 80.8 cm³/mol. The van der Waals surface area contributed by atoms with Gasteiger partial charge >= 0.3 is 0 Å². The lowest BCUT2D eigenvalue weighted by atomic mass is 10.2. The van der Waals surface area contributed by atoms with Crippen molar-refractivity contribution in [3.05, 3.63) is 47.5 Å². The molecule has 5 aromatic carbocycles. The molecule has 0 aliphatic carbocycles. The minimum Gasteiger partial charge on any atom is -0.298 e. The molecular weight excluding hydrogens is 248 g/mol. The van der Waals surface area contributed by atoms with Crippen molar-refractivity contribution in [1.82, 2.24) is 0 Å². The zero-order valence-electron chi connectivity index (χ0n) is 10.4. The van der Waals surface area contributed by atoms with Crippen molar-refractivity contribution in [2.24, 2.45) is 0 Å². The summed E-state index contributed by atoms with van der Waals surface area (Å²) in [6.45, 7) is 0. The maximum atomic E-state index is 11.0. The van der Waals surface area contributed by atoms with E-state index >= 15 is 0 Å². The topological polar surface area (TPSA) is 34.1 Å². The predicted octanol–water partition coefficient (Wildman–Crippen LogP) is 4.24. The molecule has 0 saturated carbocycles. The van der Waals surface area contributed by atoms with Gasteiger partial charge in [0.15, 0.2) is 0 Å². The van der Waals surface area contributed by atoms with Crippen LogP contribution >= 0.6 is 0 Å². The second-order valence-electron chi connectivity index (χ2n) is 5.41. The van der Waals surface area contributed by atoms with Crippen LogP contribution in [0.1, 0.15) is 20.7 Å². The van der Waals surface area contributed by atoms with Crippen molar-refractivity contribution in [1.29, 1.82) is 0 Å². The molecule has 92 valence electrons. The molecule has 0 N–H and O–H groups in total. The zero-order valence-corrected chi connectivity index (χ0v) is 10.4. The molecule has 2 heteroatoms. The summed E-state index contributed by atoms with van der Waals surface area (Å²) in [4.78, 5) is 22.0. The van der Waals surface area contributed by atoms with E-state index in [0.29, 0.717) is 0 Å². The quantitative estimate of drug-likeness (QED) is 0.443. The Hall–Kier alpha value is -2.74. The maximum absolute atomic E-state index is 11.0. The fraction of sp³-hybridized carbons (Fsp3) is 0. The second kappa shape index (κ2) is 3.05. The van der Waals surface area contributed by atoms with Crippen LogP contribution in [0.15, 0.2) is 36.4 Å².